The number of benzene rings is 2. The molecule has 4 nitrogen and oxygen atoms in total. The van der Waals surface area contributed by atoms with Crippen molar-refractivity contribution in [1.82, 2.24) is 9.97 Å². The zero-order chi connectivity index (χ0) is 16.0. The lowest BCUT2D eigenvalue weighted by molar-refractivity contribution is 0.655. The summed E-state index contributed by atoms with van der Waals surface area (Å²) in [4.78, 5) is 22.0. The second-order valence-electron chi connectivity index (χ2n) is 5.98. The Morgan fingerprint density at radius 2 is 2.13 bits per heavy atom. The summed E-state index contributed by atoms with van der Waals surface area (Å²) in [6, 6.07) is 14.0. The number of hydrogen-bond donors (Lipinski definition) is 1. The fourth-order valence-corrected chi connectivity index (χ4v) is 3.44. The van der Waals surface area contributed by atoms with E-state index in [4.69, 9.17) is 11.6 Å². The molecule has 2 aromatic carbocycles. The summed E-state index contributed by atoms with van der Waals surface area (Å²) in [5, 5.41) is 1.07. The van der Waals surface area contributed by atoms with Crippen LogP contribution in [0.1, 0.15) is 18.3 Å². The van der Waals surface area contributed by atoms with Crippen molar-refractivity contribution in [3.63, 3.8) is 0 Å². The largest absolute Gasteiger partial charge is 0.361 e. The molecular weight excluding hydrogens is 310 g/mol. The molecule has 0 saturated carbocycles. The molecule has 0 aliphatic carbocycles. The van der Waals surface area contributed by atoms with Gasteiger partial charge in [0.05, 0.1) is 17.4 Å². The number of rotatable bonds is 2. The van der Waals surface area contributed by atoms with Gasteiger partial charge in [-0.15, -0.1) is 0 Å². The van der Waals surface area contributed by atoms with Crippen molar-refractivity contribution in [2.24, 2.45) is 0 Å². The summed E-state index contributed by atoms with van der Waals surface area (Å²) in [5.41, 5.74) is 3.09. The lowest BCUT2D eigenvalue weighted by atomic mass is 10.1. The molecule has 1 aromatic heterocycles. The maximum absolute atomic E-state index is 12.3. The molecule has 1 aliphatic rings. The van der Waals surface area contributed by atoms with Crippen molar-refractivity contribution in [2.45, 2.75) is 25.9 Å². The van der Waals surface area contributed by atoms with E-state index >= 15 is 0 Å². The topological polar surface area (TPSA) is 49.0 Å². The Kier molecular flexibility index (Phi) is 3.34. The molecule has 23 heavy (non-hydrogen) atoms. The van der Waals surface area contributed by atoms with Crippen molar-refractivity contribution >= 4 is 28.2 Å². The Labute approximate surface area is 138 Å². The molecule has 5 heteroatoms. The van der Waals surface area contributed by atoms with E-state index in [2.05, 4.69) is 40.0 Å². The van der Waals surface area contributed by atoms with Crippen LogP contribution in [0.25, 0.3) is 10.9 Å². The first-order valence-corrected chi connectivity index (χ1v) is 8.02. The highest BCUT2D eigenvalue weighted by atomic mass is 35.5. The second-order valence-corrected chi connectivity index (χ2v) is 6.42. The van der Waals surface area contributed by atoms with Crippen molar-refractivity contribution < 1.29 is 0 Å². The van der Waals surface area contributed by atoms with Gasteiger partial charge in [0.1, 0.15) is 5.82 Å². The molecule has 1 unspecified atom stereocenters. The molecular formula is C18H16ClN3O. The average molecular weight is 326 g/mol. The molecule has 4 rings (SSSR count). The van der Waals surface area contributed by atoms with E-state index in [0.717, 1.165) is 6.42 Å². The first-order chi connectivity index (χ1) is 11.1. The van der Waals surface area contributed by atoms with E-state index < -0.39 is 0 Å². The molecule has 0 spiro atoms. The van der Waals surface area contributed by atoms with Gasteiger partial charge < -0.3 is 9.88 Å². The van der Waals surface area contributed by atoms with Gasteiger partial charge in [0.2, 0.25) is 0 Å². The van der Waals surface area contributed by atoms with E-state index in [9.17, 15) is 4.79 Å². The minimum absolute atomic E-state index is 0.146. The summed E-state index contributed by atoms with van der Waals surface area (Å²) >= 11 is 5.95. The number of anilines is 1. The molecule has 0 bridgehead atoms. The monoisotopic (exact) mass is 325 g/mol. The maximum Gasteiger partial charge on any atom is 0.258 e. The molecule has 0 fully saturated rings. The van der Waals surface area contributed by atoms with Gasteiger partial charge in [0.15, 0.2) is 0 Å². The Bertz CT molecular complexity index is 950. The van der Waals surface area contributed by atoms with Crippen LogP contribution in [0.5, 0.6) is 0 Å². The number of fused-ring (bicyclic) bond motifs is 2. The smallest absolute Gasteiger partial charge is 0.258 e. The molecule has 3 aromatic rings. The van der Waals surface area contributed by atoms with Gasteiger partial charge in [-0.05, 0) is 43.2 Å². The van der Waals surface area contributed by atoms with Crippen LogP contribution < -0.4 is 10.5 Å². The number of H-pyrrole nitrogens is 1. The number of para-hydroxylation sites is 1. The fraction of sp³-hybridized carbons (Fsp3) is 0.222. The van der Waals surface area contributed by atoms with Crippen molar-refractivity contribution in [3.05, 3.63) is 69.2 Å². The van der Waals surface area contributed by atoms with Crippen LogP contribution in [0, 0.1) is 0 Å². The molecule has 116 valence electrons. The third kappa shape index (κ3) is 2.49. The number of nitrogens with one attached hydrogen (secondary N) is 1. The van der Waals surface area contributed by atoms with Crippen molar-refractivity contribution in [1.29, 1.82) is 0 Å². The lowest BCUT2D eigenvalue weighted by Gasteiger charge is -2.24. The Balaban J connectivity index is 1.74. The van der Waals surface area contributed by atoms with Gasteiger partial charge in [-0.1, -0.05) is 29.8 Å². The summed E-state index contributed by atoms with van der Waals surface area (Å²) < 4.78 is 0. The first kappa shape index (κ1) is 14.3. The van der Waals surface area contributed by atoms with Crippen molar-refractivity contribution in [2.75, 3.05) is 4.90 Å². The van der Waals surface area contributed by atoms with E-state index in [1.807, 2.05) is 6.07 Å². The maximum atomic E-state index is 12.3. The van der Waals surface area contributed by atoms with Gasteiger partial charge in [-0.2, -0.15) is 0 Å². The van der Waals surface area contributed by atoms with Crippen LogP contribution in [0.3, 0.4) is 0 Å². The highest BCUT2D eigenvalue weighted by molar-refractivity contribution is 6.31. The summed E-state index contributed by atoms with van der Waals surface area (Å²) in [5.74, 6) is 0.674. The molecule has 0 amide bonds. The van der Waals surface area contributed by atoms with Crippen LogP contribution in [0.4, 0.5) is 5.69 Å². The van der Waals surface area contributed by atoms with Crippen molar-refractivity contribution in [3.8, 4) is 0 Å². The van der Waals surface area contributed by atoms with Gasteiger partial charge >= 0.3 is 0 Å². The minimum atomic E-state index is -0.146. The number of nitrogens with zero attached hydrogens (tertiary/aromatic N) is 2. The van der Waals surface area contributed by atoms with Crippen LogP contribution in [-0.2, 0) is 13.0 Å². The molecule has 2 heterocycles. The molecule has 1 aliphatic heterocycles. The van der Waals surface area contributed by atoms with E-state index in [1.165, 1.54) is 11.3 Å². The molecule has 0 saturated heterocycles. The fourth-order valence-electron chi connectivity index (χ4n) is 3.27. The van der Waals surface area contributed by atoms with Gasteiger partial charge in [0.25, 0.3) is 5.56 Å². The van der Waals surface area contributed by atoms with E-state index in [0.29, 0.717) is 34.3 Å². The summed E-state index contributed by atoms with van der Waals surface area (Å²) in [6.45, 7) is 2.78. The normalized spacial score (nSPS) is 16.8. The Morgan fingerprint density at radius 3 is 3.00 bits per heavy atom. The van der Waals surface area contributed by atoms with Crippen LogP contribution >= 0.6 is 11.6 Å². The number of aromatic nitrogens is 2. The van der Waals surface area contributed by atoms with Crippen LogP contribution in [-0.4, -0.2) is 16.0 Å². The standard InChI is InChI=1S/C18H16ClN3O/c1-11-8-12-4-2-3-5-16(12)22(11)10-17-20-15-7-6-13(19)9-14(15)18(23)21-17/h2-7,9,11H,8,10H2,1H3,(H,20,21,23). The first-order valence-electron chi connectivity index (χ1n) is 7.65. The SMILES string of the molecule is CC1Cc2ccccc2N1Cc1nc2ccc(Cl)cc2c(=O)[nH]1. The highest BCUT2D eigenvalue weighted by Gasteiger charge is 2.26. The van der Waals surface area contributed by atoms with Gasteiger partial charge in [0, 0.05) is 16.8 Å². The molecule has 1 atom stereocenters. The zero-order valence-electron chi connectivity index (χ0n) is 12.7. The third-order valence-corrected chi connectivity index (χ3v) is 4.62. The van der Waals surface area contributed by atoms with Crippen LogP contribution in [0.2, 0.25) is 5.02 Å². The summed E-state index contributed by atoms with van der Waals surface area (Å²) in [6.07, 6.45) is 1.02. The Morgan fingerprint density at radius 1 is 1.30 bits per heavy atom. The van der Waals surface area contributed by atoms with E-state index in [1.54, 1.807) is 18.2 Å². The average Bonchev–Trinajstić information content (AvgIpc) is 2.84. The molecule has 0 radical (unpaired) electrons. The number of hydrogen-bond acceptors (Lipinski definition) is 3. The van der Waals surface area contributed by atoms with E-state index in [-0.39, 0.29) is 5.56 Å². The van der Waals surface area contributed by atoms with Crippen LogP contribution in [0.15, 0.2) is 47.3 Å². The van der Waals surface area contributed by atoms with Gasteiger partial charge in [-0.25, -0.2) is 4.98 Å². The Hall–Kier alpha value is -2.33. The summed E-state index contributed by atoms with van der Waals surface area (Å²) in [7, 11) is 0. The minimum Gasteiger partial charge on any atom is -0.361 e. The highest BCUT2D eigenvalue weighted by Crippen LogP contribution is 2.32. The zero-order valence-corrected chi connectivity index (χ0v) is 13.5. The predicted molar refractivity (Wildman–Crippen MR) is 93.2 cm³/mol. The number of aromatic amines is 1. The quantitative estimate of drug-likeness (QED) is 0.784. The predicted octanol–water partition coefficient (Wildman–Crippen LogP) is 3.53. The third-order valence-electron chi connectivity index (χ3n) is 4.38. The lowest BCUT2D eigenvalue weighted by Crippen LogP contribution is -2.30. The van der Waals surface area contributed by atoms with Gasteiger partial charge in [-0.3, -0.25) is 4.79 Å². The number of halogens is 1. The second kappa shape index (κ2) is 5.39. The molecule has 1 N–H and O–H groups in total.